The summed E-state index contributed by atoms with van der Waals surface area (Å²) >= 11 is 3.25. The minimum absolute atomic E-state index is 0.0615. The molecule has 1 heterocycles. The molecule has 0 aliphatic rings. The number of benzene rings is 2. The van der Waals surface area contributed by atoms with Gasteiger partial charge in [-0.2, -0.15) is 0 Å². The van der Waals surface area contributed by atoms with Crippen LogP contribution in [0.2, 0.25) is 0 Å². The molecule has 0 N–H and O–H groups in total. The molecule has 0 spiro atoms. The lowest BCUT2D eigenvalue weighted by molar-refractivity contribution is -0.384. The van der Waals surface area contributed by atoms with Crippen molar-refractivity contribution in [3.63, 3.8) is 0 Å². The van der Waals surface area contributed by atoms with E-state index in [1.807, 2.05) is 24.5 Å². The summed E-state index contributed by atoms with van der Waals surface area (Å²) in [4.78, 5) is 19.2. The Morgan fingerprint density at radius 3 is 2.95 bits per heavy atom. The second-order valence-electron chi connectivity index (χ2n) is 4.45. The van der Waals surface area contributed by atoms with E-state index in [1.54, 1.807) is 41.4 Å². The first kappa shape index (κ1) is 14.7. The molecule has 3 rings (SSSR count). The van der Waals surface area contributed by atoms with Crippen molar-refractivity contribution in [3.05, 3.63) is 58.1 Å². The smallest absolute Gasteiger partial charge is 0.258 e. The molecule has 3 aromatic rings. The number of rotatable bonds is 4. The van der Waals surface area contributed by atoms with E-state index in [0.717, 1.165) is 20.2 Å². The summed E-state index contributed by atoms with van der Waals surface area (Å²) < 4.78 is 2.10. The first-order valence-corrected chi connectivity index (χ1v) is 8.43. The van der Waals surface area contributed by atoms with Crippen molar-refractivity contribution >= 4 is 50.9 Å². The van der Waals surface area contributed by atoms with Crippen LogP contribution in [-0.2, 0) is 0 Å². The fourth-order valence-corrected chi connectivity index (χ4v) is 3.45. The highest BCUT2D eigenvalue weighted by molar-refractivity contribution is 8.00. The van der Waals surface area contributed by atoms with Crippen LogP contribution in [0.25, 0.3) is 10.2 Å². The van der Waals surface area contributed by atoms with Gasteiger partial charge in [-0.15, -0.1) is 11.3 Å². The normalized spacial score (nSPS) is 11.3. The van der Waals surface area contributed by atoms with Crippen LogP contribution in [-0.4, -0.2) is 22.4 Å². The molecular formula is C15H11N3O2S2. The lowest BCUT2D eigenvalue weighted by atomic mass is 10.2. The number of nitro benzene ring substituents is 1. The number of nitro groups is 1. The van der Waals surface area contributed by atoms with Gasteiger partial charge in [0.25, 0.3) is 5.69 Å². The molecule has 0 fully saturated rings. The van der Waals surface area contributed by atoms with Crippen LogP contribution in [0.4, 0.5) is 11.4 Å². The molecule has 2 aromatic carbocycles. The summed E-state index contributed by atoms with van der Waals surface area (Å²) in [6.07, 6.45) is 3.63. The summed E-state index contributed by atoms with van der Waals surface area (Å²) in [5, 5.41) is 10.8. The monoisotopic (exact) mass is 329 g/mol. The van der Waals surface area contributed by atoms with Crippen molar-refractivity contribution in [2.75, 3.05) is 6.26 Å². The Balaban J connectivity index is 1.88. The van der Waals surface area contributed by atoms with Crippen molar-refractivity contribution in [1.29, 1.82) is 0 Å². The number of hydrogen-bond acceptors (Lipinski definition) is 6. The Morgan fingerprint density at radius 1 is 1.32 bits per heavy atom. The topological polar surface area (TPSA) is 68.4 Å². The zero-order valence-electron chi connectivity index (χ0n) is 11.6. The van der Waals surface area contributed by atoms with Crippen LogP contribution >= 0.6 is 23.1 Å². The lowest BCUT2D eigenvalue weighted by Crippen LogP contribution is -1.89. The zero-order chi connectivity index (χ0) is 15.5. The predicted molar refractivity (Wildman–Crippen MR) is 91.8 cm³/mol. The fourth-order valence-electron chi connectivity index (χ4n) is 1.93. The summed E-state index contributed by atoms with van der Waals surface area (Å²) in [5.74, 6) is 0. The van der Waals surface area contributed by atoms with E-state index in [-0.39, 0.29) is 5.69 Å². The van der Waals surface area contributed by atoms with E-state index in [1.165, 1.54) is 12.1 Å². The Bertz CT molecular complexity index is 874. The molecule has 0 radical (unpaired) electrons. The number of nitrogens with zero attached hydrogens (tertiary/aromatic N) is 3. The summed E-state index contributed by atoms with van der Waals surface area (Å²) in [6.45, 7) is 0. The van der Waals surface area contributed by atoms with E-state index in [4.69, 9.17) is 0 Å². The molecule has 110 valence electrons. The van der Waals surface area contributed by atoms with Gasteiger partial charge in [0.2, 0.25) is 0 Å². The third kappa shape index (κ3) is 3.15. The molecule has 0 bridgehead atoms. The van der Waals surface area contributed by atoms with Gasteiger partial charge < -0.3 is 0 Å². The lowest BCUT2D eigenvalue weighted by Gasteiger charge is -1.95. The van der Waals surface area contributed by atoms with E-state index < -0.39 is 4.92 Å². The Hall–Kier alpha value is -2.25. The summed E-state index contributed by atoms with van der Waals surface area (Å²) in [6, 6.07) is 12.2. The third-order valence-electron chi connectivity index (χ3n) is 2.97. The number of thiazole rings is 1. The highest BCUT2D eigenvalue weighted by Gasteiger charge is 2.05. The third-order valence-corrected chi connectivity index (χ3v) is 4.97. The largest absolute Gasteiger partial charge is 0.270 e. The van der Waals surface area contributed by atoms with Gasteiger partial charge in [0.15, 0.2) is 4.34 Å². The SMILES string of the molecule is CSc1nc2ccc(N=Cc3cccc([N+](=O)[O-])c3)cc2s1. The molecule has 22 heavy (non-hydrogen) atoms. The minimum Gasteiger partial charge on any atom is -0.258 e. The predicted octanol–water partition coefficient (Wildman–Crippen LogP) is 4.68. The summed E-state index contributed by atoms with van der Waals surface area (Å²) in [7, 11) is 0. The van der Waals surface area contributed by atoms with Crippen LogP contribution in [0.5, 0.6) is 0 Å². The molecule has 7 heteroatoms. The van der Waals surface area contributed by atoms with Gasteiger partial charge in [-0.3, -0.25) is 15.1 Å². The number of hydrogen-bond donors (Lipinski definition) is 0. The van der Waals surface area contributed by atoms with Gasteiger partial charge in [-0.25, -0.2) is 4.98 Å². The van der Waals surface area contributed by atoms with Gasteiger partial charge in [0.1, 0.15) is 0 Å². The second kappa shape index (κ2) is 6.25. The number of fused-ring (bicyclic) bond motifs is 1. The van der Waals surface area contributed by atoms with Gasteiger partial charge in [-0.05, 0) is 30.0 Å². The maximum Gasteiger partial charge on any atom is 0.270 e. The van der Waals surface area contributed by atoms with Crippen molar-refractivity contribution in [1.82, 2.24) is 4.98 Å². The average Bonchev–Trinajstić information content (AvgIpc) is 2.95. The highest BCUT2D eigenvalue weighted by atomic mass is 32.2. The van der Waals surface area contributed by atoms with Crippen LogP contribution < -0.4 is 0 Å². The summed E-state index contributed by atoms with van der Waals surface area (Å²) in [5.41, 5.74) is 2.52. The number of aliphatic imine (C=N–C) groups is 1. The van der Waals surface area contributed by atoms with Crippen LogP contribution in [0.1, 0.15) is 5.56 Å². The minimum atomic E-state index is -0.412. The average molecular weight is 329 g/mol. The molecule has 0 saturated carbocycles. The Labute approximate surface area is 134 Å². The quantitative estimate of drug-likeness (QED) is 0.302. The van der Waals surface area contributed by atoms with Crippen molar-refractivity contribution in [2.45, 2.75) is 4.34 Å². The van der Waals surface area contributed by atoms with Gasteiger partial charge in [-0.1, -0.05) is 23.9 Å². The fraction of sp³-hybridized carbons (Fsp3) is 0.0667. The van der Waals surface area contributed by atoms with Gasteiger partial charge >= 0.3 is 0 Å². The van der Waals surface area contributed by atoms with E-state index in [2.05, 4.69) is 9.98 Å². The number of non-ortho nitro benzene ring substituents is 1. The Morgan fingerprint density at radius 2 is 2.18 bits per heavy atom. The molecule has 1 aromatic heterocycles. The molecule has 0 saturated heterocycles. The zero-order valence-corrected chi connectivity index (χ0v) is 13.2. The molecular weight excluding hydrogens is 318 g/mol. The standard InChI is InChI=1S/C15H11N3O2S2/c1-21-15-17-13-6-5-11(8-14(13)22-15)16-9-10-3-2-4-12(7-10)18(19)20/h2-9H,1H3. The maximum atomic E-state index is 10.8. The molecule has 0 atom stereocenters. The Kier molecular flexibility index (Phi) is 4.17. The van der Waals surface area contributed by atoms with Crippen molar-refractivity contribution in [3.8, 4) is 0 Å². The van der Waals surface area contributed by atoms with Crippen molar-refractivity contribution in [2.24, 2.45) is 4.99 Å². The maximum absolute atomic E-state index is 10.8. The van der Waals surface area contributed by atoms with Crippen LogP contribution in [0.3, 0.4) is 0 Å². The van der Waals surface area contributed by atoms with Gasteiger partial charge in [0.05, 0.1) is 20.8 Å². The molecule has 0 amide bonds. The molecule has 0 aliphatic heterocycles. The van der Waals surface area contributed by atoms with E-state index in [9.17, 15) is 10.1 Å². The van der Waals surface area contributed by atoms with Gasteiger partial charge in [0, 0.05) is 18.3 Å². The number of thioether (sulfide) groups is 1. The highest BCUT2D eigenvalue weighted by Crippen LogP contribution is 2.30. The second-order valence-corrected chi connectivity index (χ2v) is 6.53. The van der Waals surface area contributed by atoms with Crippen LogP contribution in [0.15, 0.2) is 51.8 Å². The molecule has 0 unspecified atom stereocenters. The number of aromatic nitrogens is 1. The van der Waals surface area contributed by atoms with Crippen molar-refractivity contribution < 1.29 is 4.92 Å². The van der Waals surface area contributed by atoms with E-state index in [0.29, 0.717) is 5.56 Å². The first-order valence-electron chi connectivity index (χ1n) is 6.39. The van der Waals surface area contributed by atoms with E-state index >= 15 is 0 Å². The molecule has 0 aliphatic carbocycles. The molecule has 5 nitrogen and oxygen atoms in total. The first-order chi connectivity index (χ1) is 10.7. The van der Waals surface area contributed by atoms with Crippen LogP contribution in [0, 0.1) is 10.1 Å².